The first kappa shape index (κ1) is 16.4. The molecule has 17 heavy (non-hydrogen) atoms. The van der Waals surface area contributed by atoms with Crippen molar-refractivity contribution < 1.29 is 0 Å². The van der Waals surface area contributed by atoms with Gasteiger partial charge in [0.1, 0.15) is 0 Å². The molecule has 0 aromatic rings. The van der Waals surface area contributed by atoms with Crippen molar-refractivity contribution in [2.24, 2.45) is 5.41 Å². The van der Waals surface area contributed by atoms with E-state index in [9.17, 15) is 0 Å². The fraction of sp³-hybridized carbons (Fsp3) is 0.933. The summed E-state index contributed by atoms with van der Waals surface area (Å²) in [6, 6.07) is 2.23. The molecule has 0 radical (unpaired) electrons. The van der Waals surface area contributed by atoms with Gasteiger partial charge in [0.15, 0.2) is 0 Å². The first-order valence-corrected chi connectivity index (χ1v) is 7.20. The van der Waals surface area contributed by atoms with Crippen LogP contribution in [-0.4, -0.2) is 13.1 Å². The molecule has 0 aliphatic carbocycles. The van der Waals surface area contributed by atoms with Crippen LogP contribution in [0.5, 0.6) is 0 Å². The van der Waals surface area contributed by atoms with Gasteiger partial charge < -0.3 is 5.32 Å². The summed E-state index contributed by atoms with van der Waals surface area (Å²) in [4.78, 5) is 0. The highest BCUT2D eigenvalue weighted by Gasteiger charge is 2.16. The van der Waals surface area contributed by atoms with Crippen molar-refractivity contribution >= 4 is 0 Å². The molecule has 0 heterocycles. The Hall–Kier alpha value is -0.550. The van der Waals surface area contributed by atoms with Crippen LogP contribution in [0.2, 0.25) is 0 Å². The van der Waals surface area contributed by atoms with Gasteiger partial charge in [-0.25, -0.2) is 0 Å². The van der Waals surface area contributed by atoms with Gasteiger partial charge in [-0.05, 0) is 24.8 Å². The summed E-state index contributed by atoms with van der Waals surface area (Å²) in [5.41, 5.74) is 0.262. The quantitative estimate of drug-likeness (QED) is 0.546. The zero-order chi connectivity index (χ0) is 13.0. The summed E-state index contributed by atoms with van der Waals surface area (Å²) in [7, 11) is 0. The number of nitrogens with zero attached hydrogens (tertiary/aromatic N) is 1. The molecule has 1 N–H and O–H groups in total. The van der Waals surface area contributed by atoms with Gasteiger partial charge in [0.25, 0.3) is 0 Å². The highest BCUT2D eigenvalue weighted by molar-refractivity contribution is 4.78. The third kappa shape index (κ3) is 11.7. The molecule has 0 bridgehead atoms. The van der Waals surface area contributed by atoms with Crippen molar-refractivity contribution in [3.63, 3.8) is 0 Å². The number of hydrogen-bond acceptors (Lipinski definition) is 2. The van der Waals surface area contributed by atoms with E-state index in [1.807, 2.05) is 0 Å². The Morgan fingerprint density at radius 2 is 1.71 bits per heavy atom. The molecule has 0 aromatic carbocycles. The Balaban J connectivity index is 3.29. The number of nitriles is 1. The van der Waals surface area contributed by atoms with E-state index < -0.39 is 0 Å². The molecule has 2 heteroatoms. The van der Waals surface area contributed by atoms with Crippen molar-refractivity contribution in [1.82, 2.24) is 5.32 Å². The monoisotopic (exact) mass is 238 g/mol. The molecular weight excluding hydrogens is 208 g/mol. The predicted molar refractivity (Wildman–Crippen MR) is 74.9 cm³/mol. The third-order valence-electron chi connectivity index (χ3n) is 3.22. The Bertz CT molecular complexity index is 203. The van der Waals surface area contributed by atoms with Crippen LogP contribution in [0, 0.1) is 16.7 Å². The van der Waals surface area contributed by atoms with E-state index in [0.29, 0.717) is 6.42 Å². The molecule has 0 saturated heterocycles. The van der Waals surface area contributed by atoms with E-state index in [1.165, 1.54) is 38.5 Å². The van der Waals surface area contributed by atoms with Crippen molar-refractivity contribution in [2.75, 3.05) is 13.1 Å². The Labute approximate surface area is 108 Å². The average Bonchev–Trinajstić information content (AvgIpc) is 2.30. The molecule has 0 spiro atoms. The zero-order valence-corrected chi connectivity index (χ0v) is 12.0. The Morgan fingerprint density at radius 3 is 2.35 bits per heavy atom. The molecule has 0 aliphatic heterocycles. The summed E-state index contributed by atoms with van der Waals surface area (Å²) < 4.78 is 0. The molecular formula is C15H30N2. The SMILES string of the molecule is CCCCCCCCNCC(C)(C)CCC#N. The minimum atomic E-state index is 0.262. The topological polar surface area (TPSA) is 35.8 Å². The highest BCUT2D eigenvalue weighted by Crippen LogP contribution is 2.20. The second-order valence-electron chi connectivity index (χ2n) is 5.77. The summed E-state index contributed by atoms with van der Waals surface area (Å²) in [6.07, 6.45) is 9.79. The first-order valence-electron chi connectivity index (χ1n) is 7.20. The van der Waals surface area contributed by atoms with Gasteiger partial charge >= 0.3 is 0 Å². The third-order valence-corrected chi connectivity index (χ3v) is 3.22. The second-order valence-corrected chi connectivity index (χ2v) is 5.77. The van der Waals surface area contributed by atoms with E-state index in [-0.39, 0.29) is 5.41 Å². The number of unbranched alkanes of at least 4 members (excludes halogenated alkanes) is 5. The van der Waals surface area contributed by atoms with Crippen LogP contribution in [0.3, 0.4) is 0 Å². The van der Waals surface area contributed by atoms with Gasteiger partial charge in [0, 0.05) is 13.0 Å². The highest BCUT2D eigenvalue weighted by atomic mass is 14.9. The lowest BCUT2D eigenvalue weighted by Crippen LogP contribution is -2.30. The van der Waals surface area contributed by atoms with Gasteiger partial charge in [-0.15, -0.1) is 0 Å². The Kier molecular flexibility index (Phi) is 10.3. The van der Waals surface area contributed by atoms with E-state index in [1.54, 1.807) is 0 Å². The molecule has 0 rings (SSSR count). The largest absolute Gasteiger partial charge is 0.316 e. The van der Waals surface area contributed by atoms with Gasteiger partial charge in [0.05, 0.1) is 6.07 Å². The van der Waals surface area contributed by atoms with Crippen LogP contribution in [0.1, 0.15) is 72.1 Å². The number of nitrogens with one attached hydrogen (secondary N) is 1. The summed E-state index contributed by atoms with van der Waals surface area (Å²) in [5.74, 6) is 0. The van der Waals surface area contributed by atoms with E-state index >= 15 is 0 Å². The van der Waals surface area contributed by atoms with E-state index in [0.717, 1.165) is 19.5 Å². The van der Waals surface area contributed by atoms with Crippen LogP contribution in [0.4, 0.5) is 0 Å². The maximum atomic E-state index is 8.57. The minimum Gasteiger partial charge on any atom is -0.316 e. The minimum absolute atomic E-state index is 0.262. The fourth-order valence-electron chi connectivity index (χ4n) is 1.94. The van der Waals surface area contributed by atoms with Crippen LogP contribution in [0.15, 0.2) is 0 Å². The van der Waals surface area contributed by atoms with Crippen molar-refractivity contribution in [3.8, 4) is 6.07 Å². The molecule has 0 amide bonds. The molecule has 0 aliphatic rings. The standard InChI is InChI=1S/C15H30N2/c1-4-5-6-7-8-9-13-17-14-15(2,3)11-10-12-16/h17H,4-11,13-14H2,1-3H3. The number of rotatable bonds is 11. The smallest absolute Gasteiger partial charge is 0.0621 e. The maximum Gasteiger partial charge on any atom is 0.0621 e. The van der Waals surface area contributed by atoms with Crippen molar-refractivity contribution in [2.45, 2.75) is 72.1 Å². The van der Waals surface area contributed by atoms with E-state index in [4.69, 9.17) is 5.26 Å². The van der Waals surface area contributed by atoms with E-state index in [2.05, 4.69) is 32.2 Å². The summed E-state index contributed by atoms with van der Waals surface area (Å²) in [6.45, 7) is 8.88. The molecule has 100 valence electrons. The van der Waals surface area contributed by atoms with Crippen molar-refractivity contribution in [3.05, 3.63) is 0 Å². The average molecular weight is 238 g/mol. The van der Waals surface area contributed by atoms with Gasteiger partial charge in [-0.3, -0.25) is 0 Å². The second kappa shape index (κ2) is 10.6. The number of hydrogen-bond donors (Lipinski definition) is 1. The maximum absolute atomic E-state index is 8.57. The lowest BCUT2D eigenvalue weighted by molar-refractivity contribution is 0.317. The molecule has 0 unspecified atom stereocenters. The van der Waals surface area contributed by atoms with Crippen LogP contribution >= 0.6 is 0 Å². The fourth-order valence-corrected chi connectivity index (χ4v) is 1.94. The lowest BCUT2D eigenvalue weighted by Gasteiger charge is -2.23. The normalized spacial score (nSPS) is 11.4. The summed E-state index contributed by atoms with van der Waals surface area (Å²) in [5, 5.41) is 12.1. The molecule has 0 fully saturated rings. The van der Waals surface area contributed by atoms with Gasteiger partial charge in [-0.2, -0.15) is 5.26 Å². The Morgan fingerprint density at radius 1 is 1.06 bits per heavy atom. The van der Waals surface area contributed by atoms with Crippen LogP contribution < -0.4 is 5.32 Å². The summed E-state index contributed by atoms with van der Waals surface area (Å²) >= 11 is 0. The first-order chi connectivity index (χ1) is 8.12. The van der Waals surface area contributed by atoms with Crippen molar-refractivity contribution in [1.29, 1.82) is 5.26 Å². The molecule has 0 saturated carbocycles. The van der Waals surface area contributed by atoms with Crippen LogP contribution in [-0.2, 0) is 0 Å². The van der Waals surface area contributed by atoms with Crippen LogP contribution in [0.25, 0.3) is 0 Å². The molecule has 0 aromatic heterocycles. The molecule has 2 nitrogen and oxygen atoms in total. The van der Waals surface area contributed by atoms with Gasteiger partial charge in [0.2, 0.25) is 0 Å². The molecule has 0 atom stereocenters. The zero-order valence-electron chi connectivity index (χ0n) is 12.0. The lowest BCUT2D eigenvalue weighted by atomic mass is 9.88. The predicted octanol–water partition coefficient (Wildman–Crippen LogP) is 4.27. The van der Waals surface area contributed by atoms with Gasteiger partial charge in [-0.1, -0.05) is 52.9 Å².